The lowest BCUT2D eigenvalue weighted by Gasteiger charge is -2.20. The van der Waals surface area contributed by atoms with Gasteiger partial charge < -0.3 is 15.8 Å². The highest BCUT2D eigenvalue weighted by Crippen LogP contribution is 2.18. The van der Waals surface area contributed by atoms with Crippen molar-refractivity contribution in [2.45, 2.75) is 38.8 Å². The number of thioether (sulfide) groups is 1. The number of nitrogens with two attached hydrogens (primary N) is 1. The Morgan fingerprint density at radius 3 is 2.50 bits per heavy atom. The molecule has 28 heavy (non-hydrogen) atoms. The molecule has 6 heteroatoms. The van der Waals surface area contributed by atoms with Crippen molar-refractivity contribution in [1.29, 1.82) is 0 Å². The zero-order valence-corrected chi connectivity index (χ0v) is 17.4. The van der Waals surface area contributed by atoms with Gasteiger partial charge in [-0.25, -0.2) is 4.79 Å². The Balaban J connectivity index is 2.22. The highest BCUT2D eigenvalue weighted by Gasteiger charge is 2.24. The SMILES string of the molecule is CSCCC(NC(=O)c1cc(N)ccc1Cc1ccccc1)C(=O)OC(C)C. The standard InChI is InChI=1S/C22H28N2O3S/c1-15(2)27-22(26)20(11-12-28-3)24-21(25)19-14-18(23)10-9-17(19)13-16-7-5-4-6-8-16/h4-10,14-15,20H,11-13,23H2,1-3H3,(H,24,25). The van der Waals surface area contributed by atoms with E-state index >= 15 is 0 Å². The van der Waals surface area contributed by atoms with Crippen molar-refractivity contribution in [3.63, 3.8) is 0 Å². The van der Waals surface area contributed by atoms with Crippen LogP contribution in [0.4, 0.5) is 5.69 Å². The van der Waals surface area contributed by atoms with Gasteiger partial charge in [-0.15, -0.1) is 0 Å². The van der Waals surface area contributed by atoms with Crippen LogP contribution in [0.5, 0.6) is 0 Å². The molecular formula is C22H28N2O3S. The number of nitrogen functional groups attached to an aromatic ring is 1. The molecule has 0 bridgehead atoms. The fourth-order valence-corrected chi connectivity index (χ4v) is 3.28. The summed E-state index contributed by atoms with van der Waals surface area (Å²) in [5, 5.41) is 2.84. The number of rotatable bonds is 9. The fourth-order valence-electron chi connectivity index (χ4n) is 2.81. The second kappa shape index (κ2) is 10.8. The number of esters is 1. The monoisotopic (exact) mass is 400 g/mol. The van der Waals surface area contributed by atoms with Crippen molar-refractivity contribution in [3.8, 4) is 0 Å². The van der Waals surface area contributed by atoms with E-state index in [2.05, 4.69) is 5.32 Å². The van der Waals surface area contributed by atoms with Gasteiger partial charge in [0.1, 0.15) is 6.04 Å². The second-order valence-electron chi connectivity index (χ2n) is 6.87. The molecule has 0 heterocycles. The van der Waals surface area contributed by atoms with Gasteiger partial charge in [0, 0.05) is 11.3 Å². The summed E-state index contributed by atoms with van der Waals surface area (Å²) in [6, 6.07) is 14.5. The maximum atomic E-state index is 13.0. The first-order valence-electron chi connectivity index (χ1n) is 9.33. The fraction of sp³-hybridized carbons (Fsp3) is 0.364. The molecule has 0 saturated carbocycles. The third-order valence-corrected chi connectivity index (χ3v) is 4.81. The number of carbonyl (C=O) groups excluding carboxylic acids is 2. The van der Waals surface area contributed by atoms with Crippen LogP contribution < -0.4 is 11.1 Å². The summed E-state index contributed by atoms with van der Waals surface area (Å²) in [5.74, 6) is 0.0160. The third-order valence-electron chi connectivity index (χ3n) is 4.17. The zero-order valence-electron chi connectivity index (χ0n) is 16.6. The lowest BCUT2D eigenvalue weighted by atomic mass is 9.98. The third kappa shape index (κ3) is 6.60. The minimum atomic E-state index is -0.687. The molecule has 0 aliphatic heterocycles. The molecule has 3 N–H and O–H groups in total. The minimum absolute atomic E-state index is 0.234. The van der Waals surface area contributed by atoms with Crippen molar-refractivity contribution in [2.75, 3.05) is 17.7 Å². The van der Waals surface area contributed by atoms with E-state index in [4.69, 9.17) is 10.5 Å². The molecule has 2 rings (SSSR count). The average molecular weight is 401 g/mol. The summed E-state index contributed by atoms with van der Waals surface area (Å²) in [6.07, 6.45) is 2.84. The molecule has 0 fully saturated rings. The Morgan fingerprint density at radius 1 is 1.14 bits per heavy atom. The number of anilines is 1. The van der Waals surface area contributed by atoms with Gasteiger partial charge >= 0.3 is 5.97 Å². The van der Waals surface area contributed by atoms with Gasteiger partial charge in [-0.2, -0.15) is 11.8 Å². The van der Waals surface area contributed by atoms with Crippen LogP contribution in [0.3, 0.4) is 0 Å². The van der Waals surface area contributed by atoms with Gasteiger partial charge in [0.15, 0.2) is 0 Å². The van der Waals surface area contributed by atoms with Crippen molar-refractivity contribution in [3.05, 3.63) is 65.2 Å². The van der Waals surface area contributed by atoms with Crippen molar-refractivity contribution in [2.24, 2.45) is 0 Å². The smallest absolute Gasteiger partial charge is 0.328 e. The van der Waals surface area contributed by atoms with Crippen LogP contribution in [0.1, 0.15) is 41.8 Å². The van der Waals surface area contributed by atoms with E-state index < -0.39 is 12.0 Å². The molecule has 0 saturated heterocycles. The summed E-state index contributed by atoms with van der Waals surface area (Å²) in [5.41, 5.74) is 8.87. The Hall–Kier alpha value is -2.47. The molecule has 150 valence electrons. The number of hydrogen-bond donors (Lipinski definition) is 2. The maximum absolute atomic E-state index is 13.0. The van der Waals surface area contributed by atoms with Crippen LogP contribution in [-0.2, 0) is 16.0 Å². The molecule has 5 nitrogen and oxygen atoms in total. The molecule has 1 amide bonds. The first kappa shape index (κ1) is 21.8. The van der Waals surface area contributed by atoms with E-state index in [1.54, 1.807) is 37.7 Å². The van der Waals surface area contributed by atoms with Gasteiger partial charge in [0.05, 0.1) is 6.10 Å². The van der Waals surface area contributed by atoms with E-state index in [1.165, 1.54) is 0 Å². The molecule has 1 unspecified atom stereocenters. The Kier molecular flexibility index (Phi) is 8.39. The summed E-state index contributed by atoms with van der Waals surface area (Å²) in [4.78, 5) is 25.4. The van der Waals surface area contributed by atoms with Crippen molar-refractivity contribution in [1.82, 2.24) is 5.32 Å². The maximum Gasteiger partial charge on any atom is 0.328 e. The molecule has 0 aliphatic rings. The van der Waals surface area contributed by atoms with Crippen LogP contribution in [0.2, 0.25) is 0 Å². The van der Waals surface area contributed by atoms with E-state index in [0.717, 1.165) is 16.9 Å². The Morgan fingerprint density at radius 2 is 1.86 bits per heavy atom. The van der Waals surface area contributed by atoms with E-state index in [9.17, 15) is 9.59 Å². The van der Waals surface area contributed by atoms with E-state index in [1.807, 2.05) is 42.7 Å². The van der Waals surface area contributed by atoms with E-state index in [0.29, 0.717) is 24.1 Å². The topological polar surface area (TPSA) is 81.4 Å². The second-order valence-corrected chi connectivity index (χ2v) is 7.86. The number of amides is 1. The highest BCUT2D eigenvalue weighted by atomic mass is 32.2. The Bertz CT molecular complexity index is 794. The average Bonchev–Trinajstić information content (AvgIpc) is 2.66. The summed E-state index contributed by atoms with van der Waals surface area (Å²) in [7, 11) is 0. The van der Waals surface area contributed by atoms with Gasteiger partial charge in [-0.05, 0) is 62.0 Å². The normalized spacial score (nSPS) is 11.9. The van der Waals surface area contributed by atoms with Crippen molar-refractivity contribution >= 4 is 29.3 Å². The Labute approximate surface area is 171 Å². The quantitative estimate of drug-likeness (QED) is 0.496. The molecule has 2 aromatic carbocycles. The van der Waals surface area contributed by atoms with Gasteiger partial charge in [0.25, 0.3) is 5.91 Å². The number of hydrogen-bond acceptors (Lipinski definition) is 5. The predicted octanol–water partition coefficient (Wildman–Crippen LogP) is 3.66. The number of carbonyl (C=O) groups is 2. The first-order valence-corrected chi connectivity index (χ1v) is 10.7. The van der Waals surface area contributed by atoms with Crippen molar-refractivity contribution < 1.29 is 14.3 Å². The lowest BCUT2D eigenvalue weighted by molar-refractivity contribution is -0.149. The highest BCUT2D eigenvalue weighted by molar-refractivity contribution is 7.98. The molecule has 0 aromatic heterocycles. The number of ether oxygens (including phenoxy) is 1. The van der Waals surface area contributed by atoms with Crippen LogP contribution in [0.25, 0.3) is 0 Å². The summed E-state index contributed by atoms with van der Waals surface area (Å²) >= 11 is 1.62. The lowest BCUT2D eigenvalue weighted by Crippen LogP contribution is -2.43. The largest absolute Gasteiger partial charge is 0.461 e. The molecule has 0 aliphatic carbocycles. The zero-order chi connectivity index (χ0) is 20.5. The molecule has 2 aromatic rings. The van der Waals surface area contributed by atoms with Crippen LogP contribution in [-0.4, -0.2) is 36.0 Å². The van der Waals surface area contributed by atoms with E-state index in [-0.39, 0.29) is 12.0 Å². The summed E-state index contributed by atoms with van der Waals surface area (Å²) in [6.45, 7) is 3.59. The first-order chi connectivity index (χ1) is 13.4. The predicted molar refractivity (Wildman–Crippen MR) is 116 cm³/mol. The molecule has 0 spiro atoms. The summed E-state index contributed by atoms with van der Waals surface area (Å²) < 4.78 is 5.31. The van der Waals surface area contributed by atoms with Crippen LogP contribution in [0.15, 0.2) is 48.5 Å². The van der Waals surface area contributed by atoms with Gasteiger partial charge in [0.2, 0.25) is 0 Å². The number of benzene rings is 2. The number of nitrogens with one attached hydrogen (secondary N) is 1. The van der Waals surface area contributed by atoms with Gasteiger partial charge in [-0.3, -0.25) is 4.79 Å². The molecule has 0 radical (unpaired) electrons. The van der Waals surface area contributed by atoms with Crippen LogP contribution >= 0.6 is 11.8 Å². The van der Waals surface area contributed by atoms with Crippen LogP contribution in [0, 0.1) is 0 Å². The van der Waals surface area contributed by atoms with Gasteiger partial charge in [-0.1, -0.05) is 36.4 Å². The molecule has 1 atom stereocenters. The molecular weight excluding hydrogens is 372 g/mol. The minimum Gasteiger partial charge on any atom is -0.461 e.